The third-order valence-corrected chi connectivity index (χ3v) is 4.26. The van der Waals surface area contributed by atoms with E-state index in [1.165, 1.54) is 17.0 Å². The number of halogens is 2. The Hall–Kier alpha value is -2.40. The average Bonchev–Trinajstić information content (AvgIpc) is 2.59. The second-order valence-corrected chi connectivity index (χ2v) is 6.06. The largest absolute Gasteiger partial charge is 0.353 e. The molecule has 2 aromatic carbocycles. The molecule has 1 N–H and O–H groups in total. The maximum atomic E-state index is 14.0. The Morgan fingerprint density at radius 1 is 1.25 bits per heavy atom. The molecule has 2 aromatic rings. The summed E-state index contributed by atoms with van der Waals surface area (Å²) < 4.78 is 14.0. The predicted octanol–water partition coefficient (Wildman–Crippen LogP) is 2.66. The Morgan fingerprint density at radius 3 is 2.75 bits per heavy atom. The molecule has 0 aliphatic carbocycles. The minimum Gasteiger partial charge on any atom is -0.353 e. The van der Waals surface area contributed by atoms with Gasteiger partial charge in [0.25, 0.3) is 5.91 Å². The Labute approximate surface area is 144 Å². The monoisotopic (exact) mass is 346 g/mol. The van der Waals surface area contributed by atoms with E-state index >= 15 is 0 Å². The van der Waals surface area contributed by atoms with Gasteiger partial charge in [-0.25, -0.2) is 4.39 Å². The fourth-order valence-electron chi connectivity index (χ4n) is 2.81. The zero-order valence-corrected chi connectivity index (χ0v) is 13.6. The van der Waals surface area contributed by atoms with Crippen LogP contribution in [0, 0.1) is 5.82 Å². The summed E-state index contributed by atoms with van der Waals surface area (Å²) in [5, 5.41) is 3.04. The zero-order chi connectivity index (χ0) is 17.1. The molecule has 3 rings (SSSR count). The number of piperazine rings is 1. The molecule has 1 fully saturated rings. The molecule has 1 aliphatic heterocycles. The van der Waals surface area contributed by atoms with Gasteiger partial charge in [0.05, 0.1) is 5.56 Å². The molecule has 24 heavy (non-hydrogen) atoms. The minimum atomic E-state index is -0.674. The standard InChI is InChI=1S/C18H16ClFN2O2/c19-13-6-7-15(20)14(11-13)18(24)22-9-8-21-17(23)16(22)10-12-4-2-1-3-5-12/h1-7,11,16H,8-10H2,(H,21,23)/t16-/m0/s1. The molecule has 1 heterocycles. The molecule has 0 radical (unpaired) electrons. The highest BCUT2D eigenvalue weighted by molar-refractivity contribution is 6.31. The third-order valence-electron chi connectivity index (χ3n) is 4.02. The highest BCUT2D eigenvalue weighted by atomic mass is 35.5. The Morgan fingerprint density at radius 2 is 2.00 bits per heavy atom. The summed E-state index contributed by atoms with van der Waals surface area (Å²) in [7, 11) is 0. The first-order valence-corrected chi connectivity index (χ1v) is 8.01. The minimum absolute atomic E-state index is 0.115. The van der Waals surface area contributed by atoms with Crippen molar-refractivity contribution in [2.24, 2.45) is 0 Å². The molecular weight excluding hydrogens is 331 g/mol. The fourth-order valence-corrected chi connectivity index (χ4v) is 2.99. The van der Waals surface area contributed by atoms with Crippen molar-refractivity contribution < 1.29 is 14.0 Å². The smallest absolute Gasteiger partial charge is 0.257 e. The van der Waals surface area contributed by atoms with Gasteiger partial charge in [-0.15, -0.1) is 0 Å². The van der Waals surface area contributed by atoms with Crippen LogP contribution in [-0.4, -0.2) is 35.8 Å². The summed E-state index contributed by atoms with van der Waals surface area (Å²) in [6.45, 7) is 0.673. The molecule has 0 aromatic heterocycles. The molecule has 4 nitrogen and oxygen atoms in total. The van der Waals surface area contributed by atoms with Crippen molar-refractivity contribution >= 4 is 23.4 Å². The lowest BCUT2D eigenvalue weighted by atomic mass is 10.0. The van der Waals surface area contributed by atoms with Crippen molar-refractivity contribution in [3.05, 3.63) is 70.5 Å². The van der Waals surface area contributed by atoms with Gasteiger partial charge in [0.2, 0.25) is 5.91 Å². The highest BCUT2D eigenvalue weighted by Crippen LogP contribution is 2.20. The zero-order valence-electron chi connectivity index (χ0n) is 12.8. The maximum Gasteiger partial charge on any atom is 0.257 e. The summed E-state index contributed by atoms with van der Waals surface area (Å²) in [5.74, 6) is -1.40. The van der Waals surface area contributed by atoms with Crippen molar-refractivity contribution in [2.75, 3.05) is 13.1 Å². The second-order valence-electron chi connectivity index (χ2n) is 5.62. The van der Waals surface area contributed by atoms with E-state index in [1.807, 2.05) is 30.3 Å². The SMILES string of the molecule is O=C1NCCN(C(=O)c2cc(Cl)ccc2F)[C@H]1Cc1ccccc1. The summed E-state index contributed by atoms with van der Waals surface area (Å²) in [4.78, 5) is 26.5. The van der Waals surface area contributed by atoms with Crippen LogP contribution in [0.5, 0.6) is 0 Å². The first-order chi connectivity index (χ1) is 11.6. The molecule has 1 atom stereocenters. The van der Waals surface area contributed by atoms with Gasteiger partial charge in [-0.05, 0) is 23.8 Å². The normalized spacial score (nSPS) is 17.5. The Balaban J connectivity index is 1.89. The summed E-state index contributed by atoms with van der Waals surface area (Å²) in [6.07, 6.45) is 0.376. The van der Waals surface area contributed by atoms with E-state index in [1.54, 1.807) is 0 Å². The quantitative estimate of drug-likeness (QED) is 0.929. The van der Waals surface area contributed by atoms with Crippen molar-refractivity contribution in [1.29, 1.82) is 0 Å². The number of amides is 2. The number of hydrogen-bond donors (Lipinski definition) is 1. The van der Waals surface area contributed by atoms with Gasteiger partial charge in [0.1, 0.15) is 11.9 Å². The summed E-state index contributed by atoms with van der Waals surface area (Å²) >= 11 is 5.88. The van der Waals surface area contributed by atoms with Crippen molar-refractivity contribution in [2.45, 2.75) is 12.5 Å². The number of carbonyl (C=O) groups excluding carboxylic acids is 2. The number of nitrogens with zero attached hydrogens (tertiary/aromatic N) is 1. The lowest BCUT2D eigenvalue weighted by Gasteiger charge is -2.35. The van der Waals surface area contributed by atoms with Gasteiger partial charge >= 0.3 is 0 Å². The lowest BCUT2D eigenvalue weighted by molar-refractivity contribution is -0.127. The van der Waals surface area contributed by atoms with Crippen LogP contribution in [0.1, 0.15) is 15.9 Å². The highest BCUT2D eigenvalue weighted by Gasteiger charge is 2.34. The topological polar surface area (TPSA) is 49.4 Å². The fraction of sp³-hybridized carbons (Fsp3) is 0.222. The van der Waals surface area contributed by atoms with E-state index in [0.29, 0.717) is 19.5 Å². The molecule has 0 unspecified atom stereocenters. The van der Waals surface area contributed by atoms with Crippen LogP contribution in [0.2, 0.25) is 5.02 Å². The first kappa shape index (κ1) is 16.5. The molecule has 0 bridgehead atoms. The van der Waals surface area contributed by atoms with E-state index in [-0.39, 0.29) is 16.5 Å². The van der Waals surface area contributed by atoms with Crippen LogP contribution < -0.4 is 5.32 Å². The molecule has 0 spiro atoms. The maximum absolute atomic E-state index is 14.0. The summed E-state index contributed by atoms with van der Waals surface area (Å²) in [6, 6.07) is 12.6. The first-order valence-electron chi connectivity index (χ1n) is 7.64. The average molecular weight is 347 g/mol. The molecule has 2 amide bonds. The van der Waals surface area contributed by atoms with Gasteiger partial charge in [-0.3, -0.25) is 9.59 Å². The van der Waals surface area contributed by atoms with Gasteiger partial charge in [-0.2, -0.15) is 0 Å². The predicted molar refractivity (Wildman–Crippen MR) is 89.4 cm³/mol. The van der Waals surface area contributed by atoms with Gasteiger partial charge < -0.3 is 10.2 Å². The van der Waals surface area contributed by atoms with Crippen LogP contribution in [0.3, 0.4) is 0 Å². The molecular formula is C18H16ClFN2O2. The third kappa shape index (κ3) is 3.41. The van der Waals surface area contributed by atoms with Gasteiger partial charge in [0.15, 0.2) is 0 Å². The molecule has 124 valence electrons. The number of carbonyl (C=O) groups is 2. The van der Waals surface area contributed by atoms with Crippen LogP contribution in [-0.2, 0) is 11.2 Å². The number of benzene rings is 2. The molecule has 1 aliphatic rings. The van der Waals surface area contributed by atoms with Crippen LogP contribution in [0.25, 0.3) is 0 Å². The van der Waals surface area contributed by atoms with Crippen molar-refractivity contribution in [3.8, 4) is 0 Å². The van der Waals surface area contributed by atoms with E-state index in [4.69, 9.17) is 11.6 Å². The van der Waals surface area contributed by atoms with E-state index in [0.717, 1.165) is 11.6 Å². The van der Waals surface area contributed by atoms with Crippen molar-refractivity contribution in [3.63, 3.8) is 0 Å². The van der Waals surface area contributed by atoms with E-state index in [2.05, 4.69) is 5.32 Å². The lowest BCUT2D eigenvalue weighted by Crippen LogP contribution is -2.58. The second kappa shape index (κ2) is 7.01. The number of rotatable bonds is 3. The number of nitrogens with one attached hydrogen (secondary N) is 1. The number of hydrogen-bond acceptors (Lipinski definition) is 2. The van der Waals surface area contributed by atoms with E-state index < -0.39 is 17.8 Å². The molecule has 6 heteroatoms. The Kier molecular flexibility index (Phi) is 4.81. The molecule has 1 saturated heterocycles. The molecule has 0 saturated carbocycles. The Bertz CT molecular complexity index is 767. The summed E-state index contributed by atoms with van der Waals surface area (Å²) in [5.41, 5.74) is 0.819. The van der Waals surface area contributed by atoms with Gasteiger partial charge in [-0.1, -0.05) is 41.9 Å². The van der Waals surface area contributed by atoms with E-state index in [9.17, 15) is 14.0 Å². The van der Waals surface area contributed by atoms with Crippen LogP contribution in [0.15, 0.2) is 48.5 Å². The van der Waals surface area contributed by atoms with Crippen molar-refractivity contribution in [1.82, 2.24) is 10.2 Å². The van der Waals surface area contributed by atoms with Crippen LogP contribution in [0.4, 0.5) is 4.39 Å². The van der Waals surface area contributed by atoms with Gasteiger partial charge in [0, 0.05) is 24.5 Å². The van der Waals surface area contributed by atoms with Crippen LogP contribution >= 0.6 is 11.6 Å².